The van der Waals surface area contributed by atoms with Crippen LogP contribution in [0.4, 0.5) is 11.4 Å². The fourth-order valence-corrected chi connectivity index (χ4v) is 3.92. The van der Waals surface area contributed by atoms with Gasteiger partial charge in [-0.1, -0.05) is 60.7 Å². The molecule has 0 spiro atoms. The molecule has 2 amide bonds. The van der Waals surface area contributed by atoms with Crippen molar-refractivity contribution in [2.75, 3.05) is 23.4 Å². The number of carbonyl (C=O) groups excluding carboxylic acids is 2. The van der Waals surface area contributed by atoms with Crippen LogP contribution in [0.1, 0.15) is 24.5 Å². The number of benzene rings is 3. The molecule has 1 unspecified atom stereocenters. The molecule has 1 atom stereocenters. The lowest BCUT2D eigenvalue weighted by Crippen LogP contribution is -2.28. The Kier molecular flexibility index (Phi) is 6.32. The summed E-state index contributed by atoms with van der Waals surface area (Å²) in [7, 11) is 0. The van der Waals surface area contributed by atoms with Crippen molar-refractivity contribution in [1.82, 2.24) is 0 Å². The minimum absolute atomic E-state index is 0.0649. The minimum Gasteiger partial charge on any atom is -0.492 e. The van der Waals surface area contributed by atoms with E-state index < -0.39 is 5.92 Å². The average molecular weight is 415 g/mol. The maximum absolute atomic E-state index is 13.0. The molecule has 0 aromatic heterocycles. The monoisotopic (exact) mass is 414 g/mol. The fraction of sp³-hybridized carbons (Fsp3) is 0.231. The number of rotatable bonds is 7. The third-order valence-electron chi connectivity index (χ3n) is 5.46. The summed E-state index contributed by atoms with van der Waals surface area (Å²) in [5, 5.41) is 3.06. The van der Waals surface area contributed by atoms with Crippen LogP contribution >= 0.6 is 0 Å². The molecule has 5 nitrogen and oxygen atoms in total. The lowest BCUT2D eigenvalue weighted by atomic mass is 10.0. The molecule has 0 radical (unpaired) electrons. The molecule has 1 aliphatic rings. The van der Waals surface area contributed by atoms with Crippen LogP contribution in [0.3, 0.4) is 0 Å². The van der Waals surface area contributed by atoms with Crippen LogP contribution in [-0.4, -0.2) is 25.0 Å². The van der Waals surface area contributed by atoms with Crippen LogP contribution in [0.15, 0.2) is 78.9 Å². The number of amides is 2. The van der Waals surface area contributed by atoms with Gasteiger partial charge >= 0.3 is 0 Å². The van der Waals surface area contributed by atoms with Crippen LogP contribution in [0.5, 0.6) is 5.75 Å². The molecular weight excluding hydrogens is 388 g/mol. The van der Waals surface area contributed by atoms with E-state index in [2.05, 4.69) is 17.4 Å². The van der Waals surface area contributed by atoms with E-state index >= 15 is 0 Å². The Labute approximate surface area is 182 Å². The van der Waals surface area contributed by atoms with Gasteiger partial charge in [0.1, 0.15) is 5.75 Å². The molecule has 3 aromatic carbocycles. The van der Waals surface area contributed by atoms with Crippen molar-refractivity contribution >= 4 is 23.2 Å². The van der Waals surface area contributed by atoms with Crippen molar-refractivity contribution in [2.24, 2.45) is 5.92 Å². The highest BCUT2D eigenvalue weighted by atomic mass is 16.5. The van der Waals surface area contributed by atoms with Gasteiger partial charge in [0.05, 0.1) is 18.2 Å². The van der Waals surface area contributed by atoms with E-state index in [-0.39, 0.29) is 18.2 Å². The topological polar surface area (TPSA) is 58.6 Å². The molecule has 1 N–H and O–H groups in total. The van der Waals surface area contributed by atoms with Crippen LogP contribution in [0, 0.1) is 5.92 Å². The standard InChI is InChI=1S/C26H26N2O3/c1-2-31-24-15-9-8-14-23(24)28-18-21(17-25(28)29)26(30)27-22-13-7-6-12-20(22)16-19-10-4-3-5-11-19/h3-15,21H,2,16-18H2,1H3,(H,27,30). The molecule has 0 bridgehead atoms. The highest BCUT2D eigenvalue weighted by Crippen LogP contribution is 2.33. The largest absolute Gasteiger partial charge is 0.492 e. The van der Waals surface area contributed by atoms with E-state index in [0.29, 0.717) is 24.6 Å². The Morgan fingerprint density at radius 2 is 1.71 bits per heavy atom. The number of hydrogen-bond acceptors (Lipinski definition) is 3. The summed E-state index contributed by atoms with van der Waals surface area (Å²) in [6, 6.07) is 25.4. The molecule has 1 aliphatic heterocycles. The Morgan fingerprint density at radius 1 is 1.00 bits per heavy atom. The SMILES string of the molecule is CCOc1ccccc1N1CC(C(=O)Nc2ccccc2Cc2ccccc2)CC1=O. The van der Waals surface area contributed by atoms with Gasteiger partial charge in [-0.25, -0.2) is 0 Å². The molecular formula is C26H26N2O3. The molecule has 1 heterocycles. The first-order valence-corrected chi connectivity index (χ1v) is 10.6. The lowest BCUT2D eigenvalue weighted by molar-refractivity contribution is -0.122. The quantitative estimate of drug-likeness (QED) is 0.611. The van der Waals surface area contributed by atoms with Gasteiger partial charge in [0, 0.05) is 18.7 Å². The van der Waals surface area contributed by atoms with Gasteiger partial charge in [-0.15, -0.1) is 0 Å². The maximum Gasteiger partial charge on any atom is 0.229 e. The van der Waals surface area contributed by atoms with Gasteiger partial charge in [0.25, 0.3) is 0 Å². The molecule has 1 saturated heterocycles. The summed E-state index contributed by atoms with van der Waals surface area (Å²) in [4.78, 5) is 27.4. The number of ether oxygens (including phenoxy) is 1. The summed E-state index contributed by atoms with van der Waals surface area (Å²) in [5.74, 6) is 0.0507. The van der Waals surface area contributed by atoms with Crippen molar-refractivity contribution < 1.29 is 14.3 Å². The van der Waals surface area contributed by atoms with E-state index in [9.17, 15) is 9.59 Å². The van der Waals surface area contributed by atoms with Crippen molar-refractivity contribution in [1.29, 1.82) is 0 Å². The highest BCUT2D eigenvalue weighted by molar-refractivity contribution is 6.04. The van der Waals surface area contributed by atoms with E-state index in [1.165, 1.54) is 5.56 Å². The van der Waals surface area contributed by atoms with Crippen LogP contribution in [0.2, 0.25) is 0 Å². The number of nitrogens with one attached hydrogen (secondary N) is 1. The lowest BCUT2D eigenvalue weighted by Gasteiger charge is -2.20. The zero-order valence-corrected chi connectivity index (χ0v) is 17.6. The molecule has 1 fully saturated rings. The first kappa shape index (κ1) is 20.7. The van der Waals surface area contributed by atoms with E-state index in [0.717, 1.165) is 17.7 Å². The van der Waals surface area contributed by atoms with Gasteiger partial charge in [-0.2, -0.15) is 0 Å². The van der Waals surface area contributed by atoms with Crippen molar-refractivity contribution in [3.63, 3.8) is 0 Å². The highest BCUT2D eigenvalue weighted by Gasteiger charge is 2.36. The smallest absolute Gasteiger partial charge is 0.229 e. The second kappa shape index (κ2) is 9.47. The first-order chi connectivity index (χ1) is 15.2. The summed E-state index contributed by atoms with van der Waals surface area (Å²) in [5.41, 5.74) is 3.73. The Balaban J connectivity index is 1.48. The average Bonchev–Trinajstić information content (AvgIpc) is 3.18. The molecule has 31 heavy (non-hydrogen) atoms. The first-order valence-electron chi connectivity index (χ1n) is 10.6. The van der Waals surface area contributed by atoms with Crippen molar-refractivity contribution in [3.05, 3.63) is 90.0 Å². The van der Waals surface area contributed by atoms with Crippen LogP contribution < -0.4 is 15.0 Å². The summed E-state index contributed by atoms with van der Waals surface area (Å²) < 4.78 is 5.67. The molecule has 0 aliphatic carbocycles. The third kappa shape index (κ3) is 4.77. The summed E-state index contributed by atoms with van der Waals surface area (Å²) >= 11 is 0. The predicted octanol–water partition coefficient (Wildman–Crippen LogP) is 4.67. The molecule has 3 aromatic rings. The Morgan fingerprint density at radius 3 is 2.52 bits per heavy atom. The molecule has 5 heteroatoms. The maximum atomic E-state index is 13.0. The van der Waals surface area contributed by atoms with Crippen LogP contribution in [0.25, 0.3) is 0 Å². The summed E-state index contributed by atoms with van der Waals surface area (Å²) in [6.45, 7) is 2.77. The second-order valence-electron chi connectivity index (χ2n) is 7.61. The van der Waals surface area contributed by atoms with Gasteiger partial charge in [0.2, 0.25) is 11.8 Å². The minimum atomic E-state index is -0.410. The molecule has 4 rings (SSSR count). The molecule has 0 saturated carbocycles. The second-order valence-corrected chi connectivity index (χ2v) is 7.61. The van der Waals surface area contributed by atoms with E-state index in [4.69, 9.17) is 4.74 Å². The van der Waals surface area contributed by atoms with E-state index in [1.54, 1.807) is 4.90 Å². The number of carbonyl (C=O) groups is 2. The number of para-hydroxylation sites is 3. The third-order valence-corrected chi connectivity index (χ3v) is 5.46. The van der Waals surface area contributed by atoms with Gasteiger partial charge in [-0.3, -0.25) is 9.59 Å². The fourth-order valence-electron chi connectivity index (χ4n) is 3.92. The summed E-state index contributed by atoms with van der Waals surface area (Å²) in [6.07, 6.45) is 0.919. The van der Waals surface area contributed by atoms with E-state index in [1.807, 2.05) is 73.7 Å². The number of nitrogens with zero attached hydrogens (tertiary/aromatic N) is 1. The van der Waals surface area contributed by atoms with Crippen molar-refractivity contribution in [2.45, 2.75) is 19.8 Å². The number of anilines is 2. The zero-order valence-electron chi connectivity index (χ0n) is 17.6. The van der Waals surface area contributed by atoms with Crippen molar-refractivity contribution in [3.8, 4) is 5.75 Å². The van der Waals surface area contributed by atoms with Gasteiger partial charge in [-0.05, 0) is 42.7 Å². The molecule has 158 valence electrons. The Hall–Kier alpha value is -3.60. The zero-order chi connectivity index (χ0) is 21.6. The number of hydrogen-bond donors (Lipinski definition) is 1. The normalized spacial score (nSPS) is 15.7. The van der Waals surface area contributed by atoms with Crippen LogP contribution in [-0.2, 0) is 16.0 Å². The van der Waals surface area contributed by atoms with Gasteiger partial charge < -0.3 is 15.0 Å². The van der Waals surface area contributed by atoms with Gasteiger partial charge in [0.15, 0.2) is 0 Å². The predicted molar refractivity (Wildman–Crippen MR) is 122 cm³/mol. The Bertz CT molecular complexity index is 1070.